The predicted octanol–water partition coefficient (Wildman–Crippen LogP) is 3.19. The number of aromatic nitrogens is 2. The summed E-state index contributed by atoms with van der Waals surface area (Å²) in [5.41, 5.74) is 3.31. The molecular formula is C20H29N3O2. The van der Waals surface area contributed by atoms with Gasteiger partial charge in [0.2, 0.25) is 0 Å². The Balaban J connectivity index is 1.66. The third kappa shape index (κ3) is 4.61. The molecule has 2 heterocycles. The second kappa shape index (κ2) is 7.58. The van der Waals surface area contributed by atoms with Crippen LogP contribution >= 0.6 is 0 Å². The van der Waals surface area contributed by atoms with Gasteiger partial charge in [-0.3, -0.25) is 4.90 Å². The molecule has 0 N–H and O–H groups in total. The molecule has 0 saturated carbocycles. The van der Waals surface area contributed by atoms with Crippen molar-refractivity contribution < 1.29 is 9.47 Å². The molecule has 136 valence electrons. The molecule has 1 fully saturated rings. The van der Waals surface area contributed by atoms with E-state index >= 15 is 0 Å². The molecule has 0 unspecified atom stereocenters. The highest BCUT2D eigenvalue weighted by Gasteiger charge is 2.17. The van der Waals surface area contributed by atoms with Crippen molar-refractivity contribution in [3.8, 4) is 11.4 Å². The number of nitrogens with zero attached hydrogens (tertiary/aromatic N) is 3. The van der Waals surface area contributed by atoms with E-state index in [0.717, 1.165) is 55.5 Å². The molecule has 0 amide bonds. The third-order valence-electron chi connectivity index (χ3n) is 4.56. The number of hydrogen-bond donors (Lipinski definition) is 0. The number of benzene rings is 1. The van der Waals surface area contributed by atoms with Crippen LogP contribution in [0.4, 0.5) is 0 Å². The molecule has 0 radical (unpaired) electrons. The third-order valence-corrected chi connectivity index (χ3v) is 4.56. The van der Waals surface area contributed by atoms with Crippen LogP contribution in [0.2, 0.25) is 0 Å². The number of hydrogen-bond acceptors (Lipinski definition) is 4. The lowest BCUT2D eigenvalue weighted by Gasteiger charge is -2.26. The Morgan fingerprint density at radius 3 is 2.60 bits per heavy atom. The van der Waals surface area contributed by atoms with Crippen LogP contribution in [0.25, 0.3) is 5.69 Å². The topological polar surface area (TPSA) is 39.5 Å². The summed E-state index contributed by atoms with van der Waals surface area (Å²) in [6.07, 6.45) is 2.02. The van der Waals surface area contributed by atoms with E-state index in [9.17, 15) is 0 Å². The molecule has 5 nitrogen and oxygen atoms in total. The first kappa shape index (κ1) is 18.0. The van der Waals surface area contributed by atoms with E-state index in [1.165, 1.54) is 0 Å². The molecule has 0 aliphatic carbocycles. The zero-order valence-electron chi connectivity index (χ0n) is 15.8. The first-order chi connectivity index (χ1) is 11.9. The van der Waals surface area contributed by atoms with Gasteiger partial charge in [0.05, 0.1) is 24.6 Å². The maximum atomic E-state index is 6.05. The first-order valence-electron chi connectivity index (χ1n) is 9.03. The normalized spacial score (nSPS) is 16.2. The highest BCUT2D eigenvalue weighted by Crippen LogP contribution is 2.24. The van der Waals surface area contributed by atoms with Crippen LogP contribution in [0.1, 0.15) is 32.0 Å². The summed E-state index contributed by atoms with van der Waals surface area (Å²) in [5.74, 6) is 0.929. The highest BCUT2D eigenvalue weighted by atomic mass is 16.5. The summed E-state index contributed by atoms with van der Waals surface area (Å²) >= 11 is 0. The molecule has 2 aromatic rings. The summed E-state index contributed by atoms with van der Waals surface area (Å²) in [5, 5.41) is 4.72. The standard InChI is InChI=1S/C20H29N3O2/c1-16-5-6-17(23-8-7-19(21-23)20(2,3)4)15-18(16)25-14-11-22-9-12-24-13-10-22/h5-8,15H,9-14H2,1-4H3. The van der Waals surface area contributed by atoms with E-state index < -0.39 is 0 Å². The SMILES string of the molecule is Cc1ccc(-n2ccc(C(C)(C)C)n2)cc1OCCN1CCOCC1. The Morgan fingerprint density at radius 2 is 1.92 bits per heavy atom. The fraction of sp³-hybridized carbons (Fsp3) is 0.550. The zero-order valence-corrected chi connectivity index (χ0v) is 15.8. The van der Waals surface area contributed by atoms with Gasteiger partial charge in [0.1, 0.15) is 12.4 Å². The van der Waals surface area contributed by atoms with Gasteiger partial charge < -0.3 is 9.47 Å². The summed E-state index contributed by atoms with van der Waals surface area (Å²) in [4.78, 5) is 2.38. The molecular weight excluding hydrogens is 314 g/mol. The molecule has 1 aromatic heterocycles. The van der Waals surface area contributed by atoms with Gasteiger partial charge in [0.15, 0.2) is 0 Å². The fourth-order valence-electron chi connectivity index (χ4n) is 2.86. The molecule has 1 aromatic carbocycles. The molecule has 25 heavy (non-hydrogen) atoms. The Bertz CT molecular complexity index is 697. The van der Waals surface area contributed by atoms with Crippen molar-refractivity contribution in [1.82, 2.24) is 14.7 Å². The van der Waals surface area contributed by atoms with E-state index in [0.29, 0.717) is 6.61 Å². The lowest BCUT2D eigenvalue weighted by Crippen LogP contribution is -2.38. The van der Waals surface area contributed by atoms with Crippen LogP contribution in [0.15, 0.2) is 30.5 Å². The van der Waals surface area contributed by atoms with Crippen molar-refractivity contribution in [2.24, 2.45) is 0 Å². The van der Waals surface area contributed by atoms with Crippen molar-refractivity contribution >= 4 is 0 Å². The molecule has 3 rings (SSSR count). The van der Waals surface area contributed by atoms with Crippen molar-refractivity contribution in [3.63, 3.8) is 0 Å². The molecule has 0 atom stereocenters. The largest absolute Gasteiger partial charge is 0.492 e. The minimum absolute atomic E-state index is 0.0490. The second-order valence-electron chi connectivity index (χ2n) is 7.65. The minimum Gasteiger partial charge on any atom is -0.492 e. The maximum Gasteiger partial charge on any atom is 0.124 e. The van der Waals surface area contributed by atoms with Gasteiger partial charge in [-0.1, -0.05) is 26.8 Å². The van der Waals surface area contributed by atoms with E-state index in [2.05, 4.69) is 56.9 Å². The maximum absolute atomic E-state index is 6.05. The van der Waals surface area contributed by atoms with Crippen LogP contribution < -0.4 is 4.74 Å². The minimum atomic E-state index is 0.0490. The quantitative estimate of drug-likeness (QED) is 0.836. The first-order valence-corrected chi connectivity index (χ1v) is 9.03. The smallest absolute Gasteiger partial charge is 0.124 e. The van der Waals surface area contributed by atoms with Crippen molar-refractivity contribution in [2.75, 3.05) is 39.5 Å². The average molecular weight is 343 g/mol. The number of rotatable bonds is 5. The van der Waals surface area contributed by atoms with E-state index in [1.54, 1.807) is 0 Å². The Kier molecular flexibility index (Phi) is 5.45. The van der Waals surface area contributed by atoms with Crippen LogP contribution in [-0.2, 0) is 10.2 Å². The van der Waals surface area contributed by atoms with Gasteiger partial charge in [-0.05, 0) is 24.6 Å². The van der Waals surface area contributed by atoms with Crippen LogP contribution in [-0.4, -0.2) is 54.1 Å². The number of ether oxygens (including phenoxy) is 2. The van der Waals surface area contributed by atoms with Gasteiger partial charge in [-0.15, -0.1) is 0 Å². The fourth-order valence-corrected chi connectivity index (χ4v) is 2.86. The predicted molar refractivity (Wildman–Crippen MR) is 99.8 cm³/mol. The molecule has 0 bridgehead atoms. The van der Waals surface area contributed by atoms with Gasteiger partial charge in [0.25, 0.3) is 0 Å². The van der Waals surface area contributed by atoms with E-state index in [1.807, 2.05) is 10.9 Å². The molecule has 1 saturated heterocycles. The monoisotopic (exact) mass is 343 g/mol. The average Bonchev–Trinajstić information content (AvgIpc) is 3.08. The van der Waals surface area contributed by atoms with Crippen molar-refractivity contribution in [2.45, 2.75) is 33.1 Å². The van der Waals surface area contributed by atoms with Crippen molar-refractivity contribution in [3.05, 3.63) is 41.7 Å². The van der Waals surface area contributed by atoms with Gasteiger partial charge >= 0.3 is 0 Å². The molecule has 5 heteroatoms. The molecule has 1 aliphatic rings. The highest BCUT2D eigenvalue weighted by molar-refractivity contribution is 5.44. The summed E-state index contributed by atoms with van der Waals surface area (Å²) in [7, 11) is 0. The zero-order chi connectivity index (χ0) is 17.9. The Hall–Kier alpha value is -1.85. The van der Waals surface area contributed by atoms with Gasteiger partial charge in [-0.2, -0.15) is 5.10 Å². The number of aryl methyl sites for hydroxylation is 1. The van der Waals surface area contributed by atoms with E-state index in [4.69, 9.17) is 14.6 Å². The van der Waals surface area contributed by atoms with Crippen LogP contribution in [0.3, 0.4) is 0 Å². The lowest BCUT2D eigenvalue weighted by molar-refractivity contribution is 0.0322. The summed E-state index contributed by atoms with van der Waals surface area (Å²) < 4.78 is 13.4. The summed E-state index contributed by atoms with van der Waals surface area (Å²) in [6.45, 7) is 13.9. The molecule has 1 aliphatic heterocycles. The van der Waals surface area contributed by atoms with Crippen LogP contribution in [0.5, 0.6) is 5.75 Å². The summed E-state index contributed by atoms with van der Waals surface area (Å²) in [6, 6.07) is 8.34. The van der Waals surface area contributed by atoms with Gasteiger partial charge in [-0.25, -0.2) is 4.68 Å². The number of morpholine rings is 1. The Morgan fingerprint density at radius 1 is 1.16 bits per heavy atom. The lowest BCUT2D eigenvalue weighted by atomic mass is 9.93. The molecule has 0 spiro atoms. The van der Waals surface area contributed by atoms with Crippen molar-refractivity contribution in [1.29, 1.82) is 0 Å². The van der Waals surface area contributed by atoms with Gasteiger partial charge in [0, 0.05) is 37.3 Å². The van der Waals surface area contributed by atoms with E-state index in [-0.39, 0.29) is 5.41 Å². The van der Waals surface area contributed by atoms with Crippen LogP contribution in [0, 0.1) is 6.92 Å². The Labute approximate surface area is 150 Å². The second-order valence-corrected chi connectivity index (χ2v) is 7.65.